The van der Waals surface area contributed by atoms with Gasteiger partial charge in [0.05, 0.1) is 4.88 Å². The molecule has 1 atom stereocenters. The van der Waals surface area contributed by atoms with Gasteiger partial charge in [-0.1, -0.05) is 48.6 Å². The summed E-state index contributed by atoms with van der Waals surface area (Å²) >= 11 is 1.52. The molecule has 1 aromatic heterocycles. The van der Waals surface area contributed by atoms with Gasteiger partial charge in [0.2, 0.25) is 5.91 Å². The molecule has 1 amide bonds. The Kier molecular flexibility index (Phi) is 7.21. The number of piperidine rings is 1. The number of nitrogens with zero attached hydrogens (tertiary/aromatic N) is 1. The Morgan fingerprint density at radius 1 is 1.33 bits per heavy atom. The largest absolute Gasteiger partial charge is 0.317 e. The Balaban J connectivity index is 0.00000208. The van der Waals surface area contributed by atoms with Crippen LogP contribution in [0.25, 0.3) is 10.4 Å². The number of anilines is 1. The Bertz CT molecular complexity index is 641. The van der Waals surface area contributed by atoms with Crippen molar-refractivity contribution in [1.29, 1.82) is 0 Å². The second-order valence-electron chi connectivity index (χ2n) is 6.21. The van der Waals surface area contributed by atoms with Crippen LogP contribution in [-0.4, -0.2) is 24.0 Å². The number of thiazole rings is 1. The smallest absolute Gasteiger partial charge is 0.226 e. The number of benzene rings is 1. The molecule has 0 radical (unpaired) electrons. The monoisotopic (exact) mass is 365 g/mol. The number of rotatable bonds is 5. The minimum atomic E-state index is 0. The third kappa shape index (κ3) is 5.03. The number of amides is 1. The lowest BCUT2D eigenvalue weighted by molar-refractivity contribution is -0.117. The van der Waals surface area contributed by atoms with Crippen molar-refractivity contribution in [2.24, 2.45) is 11.8 Å². The summed E-state index contributed by atoms with van der Waals surface area (Å²) in [5, 5.41) is 7.01. The van der Waals surface area contributed by atoms with Gasteiger partial charge in [-0.25, -0.2) is 4.98 Å². The summed E-state index contributed by atoms with van der Waals surface area (Å²) in [5.41, 5.74) is 1.13. The normalized spacial score (nSPS) is 16.2. The fourth-order valence-corrected chi connectivity index (χ4v) is 3.95. The molecule has 1 aromatic carbocycles. The third-order valence-electron chi connectivity index (χ3n) is 4.51. The number of nitrogens with one attached hydrogen (secondary N) is 2. The standard InChI is InChI=1S/C18H23N3OS.ClH/c1-13(14-7-9-19-10-8-14)11-17(22)21-18-20-12-16(23-18)15-5-3-2-4-6-15;/h2-6,12-14,19H,7-11H2,1H3,(H,20,21,22);1H. The van der Waals surface area contributed by atoms with E-state index in [0.717, 1.165) is 23.5 Å². The highest BCUT2D eigenvalue weighted by molar-refractivity contribution is 7.19. The molecule has 1 saturated heterocycles. The average molecular weight is 366 g/mol. The van der Waals surface area contributed by atoms with Crippen molar-refractivity contribution in [2.75, 3.05) is 18.4 Å². The van der Waals surface area contributed by atoms with E-state index in [4.69, 9.17) is 0 Å². The lowest BCUT2D eigenvalue weighted by Gasteiger charge is -2.27. The van der Waals surface area contributed by atoms with E-state index in [1.807, 2.05) is 24.4 Å². The van der Waals surface area contributed by atoms with Gasteiger partial charge in [0.25, 0.3) is 0 Å². The molecule has 3 rings (SSSR count). The van der Waals surface area contributed by atoms with Gasteiger partial charge in [0.1, 0.15) is 0 Å². The SMILES string of the molecule is CC(CC(=O)Nc1ncc(-c2ccccc2)s1)C1CCNCC1.Cl. The summed E-state index contributed by atoms with van der Waals surface area (Å²) < 4.78 is 0. The third-order valence-corrected chi connectivity index (χ3v) is 5.47. The fourth-order valence-electron chi connectivity index (χ4n) is 3.11. The minimum Gasteiger partial charge on any atom is -0.317 e. The van der Waals surface area contributed by atoms with Gasteiger partial charge in [-0.05, 0) is 43.3 Å². The van der Waals surface area contributed by atoms with E-state index in [-0.39, 0.29) is 18.3 Å². The molecule has 2 aromatic rings. The molecule has 2 heterocycles. The van der Waals surface area contributed by atoms with Crippen molar-refractivity contribution < 1.29 is 4.79 Å². The number of hydrogen-bond donors (Lipinski definition) is 2. The first kappa shape index (κ1) is 18.9. The Morgan fingerprint density at radius 2 is 2.04 bits per heavy atom. The van der Waals surface area contributed by atoms with E-state index < -0.39 is 0 Å². The molecule has 0 spiro atoms. The van der Waals surface area contributed by atoms with Crippen molar-refractivity contribution in [3.8, 4) is 10.4 Å². The summed E-state index contributed by atoms with van der Waals surface area (Å²) in [4.78, 5) is 17.7. The molecule has 130 valence electrons. The van der Waals surface area contributed by atoms with Crippen LogP contribution in [0.15, 0.2) is 36.5 Å². The number of halogens is 1. The fraction of sp³-hybridized carbons (Fsp3) is 0.444. The first-order chi connectivity index (χ1) is 11.2. The Labute approximate surface area is 153 Å². The second kappa shape index (κ2) is 9.16. The molecule has 4 nitrogen and oxygen atoms in total. The number of aromatic nitrogens is 1. The molecule has 24 heavy (non-hydrogen) atoms. The minimum absolute atomic E-state index is 0. The summed E-state index contributed by atoms with van der Waals surface area (Å²) in [5.74, 6) is 1.15. The summed E-state index contributed by atoms with van der Waals surface area (Å²) in [7, 11) is 0. The molecule has 0 aliphatic carbocycles. The van der Waals surface area contributed by atoms with Crippen LogP contribution in [0.3, 0.4) is 0 Å². The second-order valence-corrected chi connectivity index (χ2v) is 7.24. The predicted molar refractivity (Wildman–Crippen MR) is 103 cm³/mol. The van der Waals surface area contributed by atoms with Crippen molar-refractivity contribution in [3.63, 3.8) is 0 Å². The van der Waals surface area contributed by atoms with Crippen LogP contribution < -0.4 is 10.6 Å². The molecule has 0 saturated carbocycles. The predicted octanol–water partition coefficient (Wildman–Crippen LogP) is 4.20. The highest BCUT2D eigenvalue weighted by Crippen LogP contribution is 2.29. The molecular weight excluding hydrogens is 342 g/mol. The van der Waals surface area contributed by atoms with E-state index in [1.54, 1.807) is 0 Å². The number of carbonyl (C=O) groups is 1. The maximum atomic E-state index is 12.3. The molecule has 0 bridgehead atoms. The highest BCUT2D eigenvalue weighted by atomic mass is 35.5. The van der Waals surface area contributed by atoms with Crippen LogP contribution in [-0.2, 0) is 4.79 Å². The van der Waals surface area contributed by atoms with Crippen molar-refractivity contribution in [3.05, 3.63) is 36.5 Å². The number of hydrogen-bond acceptors (Lipinski definition) is 4. The van der Waals surface area contributed by atoms with Gasteiger partial charge in [0.15, 0.2) is 5.13 Å². The molecule has 6 heteroatoms. The Morgan fingerprint density at radius 3 is 2.75 bits per heavy atom. The van der Waals surface area contributed by atoms with Gasteiger partial charge in [-0.2, -0.15) is 0 Å². The topological polar surface area (TPSA) is 54.0 Å². The molecule has 2 N–H and O–H groups in total. The van der Waals surface area contributed by atoms with E-state index in [0.29, 0.717) is 23.4 Å². The van der Waals surface area contributed by atoms with Gasteiger partial charge < -0.3 is 10.6 Å². The van der Waals surface area contributed by atoms with Crippen LogP contribution in [0.2, 0.25) is 0 Å². The van der Waals surface area contributed by atoms with Crippen LogP contribution in [0, 0.1) is 11.8 Å². The lowest BCUT2D eigenvalue weighted by atomic mass is 9.84. The van der Waals surface area contributed by atoms with Crippen LogP contribution >= 0.6 is 23.7 Å². The van der Waals surface area contributed by atoms with Crippen LogP contribution in [0.4, 0.5) is 5.13 Å². The first-order valence-electron chi connectivity index (χ1n) is 8.24. The summed E-state index contributed by atoms with van der Waals surface area (Å²) in [6.07, 6.45) is 4.74. The Hall–Kier alpha value is -1.43. The number of carbonyl (C=O) groups excluding carboxylic acids is 1. The van der Waals surface area contributed by atoms with Gasteiger partial charge in [-0.15, -0.1) is 12.4 Å². The van der Waals surface area contributed by atoms with Gasteiger partial charge in [-0.3, -0.25) is 4.79 Å². The van der Waals surface area contributed by atoms with Gasteiger partial charge >= 0.3 is 0 Å². The van der Waals surface area contributed by atoms with Crippen molar-refractivity contribution in [2.45, 2.75) is 26.2 Å². The zero-order valence-electron chi connectivity index (χ0n) is 13.8. The quantitative estimate of drug-likeness (QED) is 0.835. The van der Waals surface area contributed by atoms with Crippen molar-refractivity contribution in [1.82, 2.24) is 10.3 Å². The first-order valence-corrected chi connectivity index (χ1v) is 9.06. The van der Waals surface area contributed by atoms with Gasteiger partial charge in [0, 0.05) is 12.6 Å². The summed E-state index contributed by atoms with van der Waals surface area (Å²) in [6.45, 7) is 4.33. The molecule has 1 aliphatic rings. The molecule has 1 fully saturated rings. The van der Waals surface area contributed by atoms with Crippen LogP contribution in [0.1, 0.15) is 26.2 Å². The average Bonchev–Trinajstić information content (AvgIpc) is 3.04. The molecule has 1 aliphatic heterocycles. The highest BCUT2D eigenvalue weighted by Gasteiger charge is 2.22. The molecular formula is C18H24ClN3OS. The maximum absolute atomic E-state index is 12.3. The van der Waals surface area contributed by atoms with E-state index in [2.05, 4.69) is 34.7 Å². The zero-order chi connectivity index (χ0) is 16.1. The van der Waals surface area contributed by atoms with E-state index in [1.165, 1.54) is 24.2 Å². The maximum Gasteiger partial charge on any atom is 0.226 e. The molecule has 1 unspecified atom stereocenters. The van der Waals surface area contributed by atoms with Crippen LogP contribution in [0.5, 0.6) is 0 Å². The summed E-state index contributed by atoms with van der Waals surface area (Å²) in [6, 6.07) is 10.1. The van der Waals surface area contributed by atoms with E-state index >= 15 is 0 Å². The lowest BCUT2D eigenvalue weighted by Crippen LogP contribution is -2.32. The van der Waals surface area contributed by atoms with E-state index in [9.17, 15) is 4.79 Å². The van der Waals surface area contributed by atoms with Crippen molar-refractivity contribution >= 4 is 34.8 Å². The zero-order valence-corrected chi connectivity index (χ0v) is 15.5.